The van der Waals surface area contributed by atoms with E-state index in [1.807, 2.05) is 0 Å². The van der Waals surface area contributed by atoms with Gasteiger partial charge in [-0.25, -0.2) is 0 Å². The number of carboxylic acids is 3. The van der Waals surface area contributed by atoms with Crippen LogP contribution < -0.4 is 0 Å². The Labute approximate surface area is 169 Å². The van der Waals surface area contributed by atoms with Crippen molar-refractivity contribution >= 4 is 17.9 Å². The van der Waals surface area contributed by atoms with E-state index >= 15 is 0 Å². The lowest BCUT2D eigenvalue weighted by molar-refractivity contribution is -0.143. The fourth-order valence-corrected chi connectivity index (χ4v) is 2.30. The molecule has 0 radical (unpaired) electrons. The molecule has 0 heterocycles. The molecule has 6 nitrogen and oxygen atoms in total. The summed E-state index contributed by atoms with van der Waals surface area (Å²) in [5.41, 5.74) is 0. The average molecular weight is 399 g/mol. The highest BCUT2D eigenvalue weighted by molar-refractivity contribution is 5.75. The van der Waals surface area contributed by atoms with Crippen molar-refractivity contribution in [2.45, 2.75) is 96.8 Å². The molecule has 0 atom stereocenters. The van der Waals surface area contributed by atoms with Crippen molar-refractivity contribution < 1.29 is 29.7 Å². The van der Waals surface area contributed by atoms with E-state index in [0.29, 0.717) is 6.42 Å². The Balaban J connectivity index is 0. The maximum Gasteiger partial charge on any atom is 0.303 e. The van der Waals surface area contributed by atoms with Gasteiger partial charge in [0.25, 0.3) is 0 Å². The first-order valence-corrected chi connectivity index (χ1v) is 10.4. The maximum atomic E-state index is 10.3. The number of carbonyl (C=O) groups is 3. The number of rotatable bonds is 17. The van der Waals surface area contributed by atoms with Gasteiger partial charge in [0.2, 0.25) is 0 Å². The predicted molar refractivity (Wildman–Crippen MR) is 111 cm³/mol. The zero-order valence-corrected chi connectivity index (χ0v) is 17.3. The van der Waals surface area contributed by atoms with Crippen LogP contribution in [0, 0.1) is 0 Å². The summed E-state index contributed by atoms with van der Waals surface area (Å²) >= 11 is 0. The van der Waals surface area contributed by atoms with E-state index in [2.05, 4.69) is 31.2 Å². The number of allylic oxidation sites excluding steroid dienone is 4. The van der Waals surface area contributed by atoms with Crippen molar-refractivity contribution in [2.24, 2.45) is 0 Å². The molecule has 0 saturated heterocycles. The Morgan fingerprint density at radius 2 is 1.00 bits per heavy atom. The summed E-state index contributed by atoms with van der Waals surface area (Å²) in [5.74, 6) is -2.82. The van der Waals surface area contributed by atoms with E-state index in [0.717, 1.165) is 25.7 Å². The third-order valence-corrected chi connectivity index (χ3v) is 3.89. The highest BCUT2D eigenvalue weighted by Crippen LogP contribution is 2.08. The molecule has 0 unspecified atom stereocenters. The van der Waals surface area contributed by atoms with Crippen molar-refractivity contribution in [1.29, 1.82) is 0 Å². The van der Waals surface area contributed by atoms with Gasteiger partial charge in [0.15, 0.2) is 0 Å². The number of hydrogen-bond acceptors (Lipinski definition) is 3. The molecule has 0 aromatic heterocycles. The van der Waals surface area contributed by atoms with Crippen molar-refractivity contribution in [1.82, 2.24) is 0 Å². The van der Waals surface area contributed by atoms with Gasteiger partial charge in [-0.2, -0.15) is 0 Å². The molecule has 0 aromatic rings. The number of aliphatic carboxylic acids is 3. The third kappa shape index (κ3) is 31.6. The van der Waals surface area contributed by atoms with Gasteiger partial charge in [-0.15, -0.1) is 0 Å². The topological polar surface area (TPSA) is 112 Å². The Morgan fingerprint density at radius 3 is 1.46 bits per heavy atom. The number of hydrogen-bond donors (Lipinski definition) is 3. The molecule has 28 heavy (non-hydrogen) atoms. The predicted octanol–water partition coefficient (Wildman–Crippen LogP) is 5.82. The van der Waals surface area contributed by atoms with E-state index in [9.17, 15) is 14.4 Å². The van der Waals surface area contributed by atoms with E-state index < -0.39 is 17.9 Å². The lowest BCUT2D eigenvalue weighted by Crippen LogP contribution is -2.00. The van der Waals surface area contributed by atoms with Gasteiger partial charge >= 0.3 is 17.9 Å². The van der Waals surface area contributed by atoms with Gasteiger partial charge in [0.1, 0.15) is 0 Å². The zero-order valence-electron chi connectivity index (χ0n) is 17.3. The molecule has 0 amide bonds. The van der Waals surface area contributed by atoms with Gasteiger partial charge in [-0.3, -0.25) is 14.4 Å². The smallest absolute Gasteiger partial charge is 0.303 e. The van der Waals surface area contributed by atoms with Crippen molar-refractivity contribution in [2.75, 3.05) is 0 Å². The zero-order chi connectivity index (χ0) is 21.5. The fraction of sp³-hybridized carbons (Fsp3) is 0.682. The van der Waals surface area contributed by atoms with Crippen molar-refractivity contribution in [3.05, 3.63) is 24.3 Å². The summed E-state index contributed by atoms with van der Waals surface area (Å²) in [6, 6.07) is 0. The van der Waals surface area contributed by atoms with Crippen LogP contribution in [-0.4, -0.2) is 33.2 Å². The third-order valence-electron chi connectivity index (χ3n) is 3.89. The number of carboxylic acid groups (broad SMARTS) is 3. The first-order valence-electron chi connectivity index (χ1n) is 10.4. The quantitative estimate of drug-likeness (QED) is 0.210. The van der Waals surface area contributed by atoms with Gasteiger partial charge < -0.3 is 15.3 Å². The molecule has 0 aromatic carbocycles. The van der Waals surface area contributed by atoms with Crippen LogP contribution in [0.1, 0.15) is 96.8 Å². The van der Waals surface area contributed by atoms with Gasteiger partial charge in [-0.1, -0.05) is 63.3 Å². The first kappa shape index (κ1) is 28.1. The average Bonchev–Trinajstić information content (AvgIpc) is 2.63. The summed E-state index contributed by atoms with van der Waals surface area (Å²) < 4.78 is 0. The van der Waals surface area contributed by atoms with Gasteiger partial charge in [-0.05, 0) is 38.5 Å². The van der Waals surface area contributed by atoms with Gasteiger partial charge in [0, 0.05) is 6.42 Å². The molecule has 0 aliphatic rings. The lowest BCUT2D eigenvalue weighted by Gasteiger charge is -1.98. The molecule has 0 spiro atoms. The van der Waals surface area contributed by atoms with Crippen molar-refractivity contribution in [3.63, 3.8) is 0 Å². The minimum atomic E-state index is -1.08. The summed E-state index contributed by atoms with van der Waals surface area (Å²) in [6.45, 7) is 2.23. The van der Waals surface area contributed by atoms with Crippen LogP contribution >= 0.6 is 0 Å². The Hall–Kier alpha value is -2.11. The van der Waals surface area contributed by atoms with Gasteiger partial charge in [0.05, 0.1) is 12.8 Å². The van der Waals surface area contributed by atoms with Crippen LogP contribution in [0.25, 0.3) is 0 Å². The Morgan fingerprint density at radius 1 is 0.571 bits per heavy atom. The fourth-order valence-electron chi connectivity index (χ4n) is 2.30. The monoisotopic (exact) mass is 398 g/mol. The first-order chi connectivity index (χ1) is 13.4. The van der Waals surface area contributed by atoms with E-state index in [4.69, 9.17) is 15.3 Å². The molecule has 0 fully saturated rings. The minimum Gasteiger partial charge on any atom is -0.481 e. The van der Waals surface area contributed by atoms with Crippen LogP contribution in [0.15, 0.2) is 24.3 Å². The highest BCUT2D eigenvalue weighted by Gasteiger charge is 2.00. The molecule has 0 saturated carbocycles. The Kier molecular flexibility index (Phi) is 23.0. The SMILES string of the molecule is CCCCC/C=C\C/C=C\CCCCCCCC(=O)O.O=C(O)CCC(=O)O. The van der Waals surface area contributed by atoms with Crippen LogP contribution in [0.5, 0.6) is 0 Å². The van der Waals surface area contributed by atoms with E-state index in [1.54, 1.807) is 0 Å². The van der Waals surface area contributed by atoms with E-state index in [1.165, 1.54) is 44.9 Å². The largest absolute Gasteiger partial charge is 0.481 e. The second-order valence-corrected chi connectivity index (χ2v) is 6.66. The minimum absolute atomic E-state index is 0.296. The number of unbranched alkanes of at least 4 members (excludes halogenated alkanes) is 8. The molecular weight excluding hydrogens is 360 g/mol. The second kappa shape index (κ2) is 22.9. The second-order valence-electron chi connectivity index (χ2n) is 6.66. The summed E-state index contributed by atoms with van der Waals surface area (Å²) in [5, 5.41) is 24.3. The lowest BCUT2D eigenvalue weighted by atomic mass is 10.1. The molecule has 0 rings (SSSR count). The molecule has 162 valence electrons. The molecule has 0 aliphatic carbocycles. The summed E-state index contributed by atoms with van der Waals surface area (Å²) in [4.78, 5) is 29.6. The summed E-state index contributed by atoms with van der Waals surface area (Å²) in [7, 11) is 0. The van der Waals surface area contributed by atoms with E-state index in [-0.39, 0.29) is 12.8 Å². The normalized spacial score (nSPS) is 10.8. The molecular formula is C22H38O6. The standard InChI is InChI=1S/C18H32O2.C4H6O4/c1-2-3-4-5-6-7-8-9-10-11-12-13-14-15-16-17-18(19)20;5-3(6)1-2-4(7)8/h6-7,9-10H,2-5,8,11-17H2,1H3,(H,19,20);1-2H2,(H,5,6)(H,7,8)/b7-6-,10-9-;. The van der Waals surface area contributed by atoms with Crippen LogP contribution in [0.3, 0.4) is 0 Å². The van der Waals surface area contributed by atoms with Crippen LogP contribution in [-0.2, 0) is 14.4 Å². The highest BCUT2D eigenvalue weighted by atomic mass is 16.4. The summed E-state index contributed by atoms with van der Waals surface area (Å²) in [6.07, 6.45) is 21.7. The van der Waals surface area contributed by atoms with Crippen molar-refractivity contribution in [3.8, 4) is 0 Å². The molecule has 3 N–H and O–H groups in total. The Bertz CT molecular complexity index is 440. The van der Waals surface area contributed by atoms with Crippen LogP contribution in [0.4, 0.5) is 0 Å². The molecule has 0 aliphatic heterocycles. The maximum absolute atomic E-state index is 10.3. The van der Waals surface area contributed by atoms with Crippen LogP contribution in [0.2, 0.25) is 0 Å². The molecule has 6 heteroatoms. The molecule has 0 bridgehead atoms.